The number of halogens is 2. The summed E-state index contributed by atoms with van der Waals surface area (Å²) in [5.41, 5.74) is 10.2. The molecule has 1 heterocycles. The Bertz CT molecular complexity index is 1130. The van der Waals surface area contributed by atoms with Crippen LogP contribution in [0.4, 0.5) is 0 Å². The van der Waals surface area contributed by atoms with Crippen LogP contribution in [0.2, 0.25) is 5.02 Å². The van der Waals surface area contributed by atoms with Gasteiger partial charge in [-0.15, -0.1) is 12.4 Å². The number of hydrogen-bond donors (Lipinski definition) is 1. The van der Waals surface area contributed by atoms with Crippen LogP contribution in [0.15, 0.2) is 73.1 Å². The van der Waals surface area contributed by atoms with Crippen LogP contribution >= 0.6 is 24.0 Å². The molecule has 5 rings (SSSR count). The van der Waals surface area contributed by atoms with E-state index in [0.717, 1.165) is 54.7 Å². The van der Waals surface area contributed by atoms with Crippen molar-refractivity contribution in [1.82, 2.24) is 9.88 Å². The Labute approximate surface area is 212 Å². The molecule has 0 saturated heterocycles. The van der Waals surface area contributed by atoms with E-state index in [1.165, 1.54) is 5.56 Å². The third kappa shape index (κ3) is 5.00. The van der Waals surface area contributed by atoms with E-state index in [1.54, 1.807) is 6.20 Å². The Hall–Kier alpha value is -2.40. The Kier molecular flexibility index (Phi) is 7.61. The highest BCUT2D eigenvalue weighted by Gasteiger charge is 2.43. The average Bonchev–Trinajstić information content (AvgIpc) is 3.70. The third-order valence-corrected chi connectivity index (χ3v) is 7.64. The van der Waals surface area contributed by atoms with E-state index in [1.807, 2.05) is 54.7 Å². The zero-order chi connectivity index (χ0) is 22.8. The molecule has 2 aliphatic carbocycles. The van der Waals surface area contributed by atoms with Crippen LogP contribution in [-0.4, -0.2) is 34.4 Å². The van der Waals surface area contributed by atoms with E-state index in [2.05, 4.69) is 22.0 Å². The van der Waals surface area contributed by atoms with E-state index < -0.39 is 0 Å². The van der Waals surface area contributed by atoms with Gasteiger partial charge in [-0.2, -0.15) is 0 Å². The van der Waals surface area contributed by atoms with Crippen molar-refractivity contribution in [3.05, 3.63) is 89.2 Å². The molecule has 4 nitrogen and oxygen atoms in total. The second kappa shape index (κ2) is 10.5. The first-order valence-corrected chi connectivity index (χ1v) is 12.3. The van der Waals surface area contributed by atoms with Crippen molar-refractivity contribution in [1.29, 1.82) is 0 Å². The number of aromatic nitrogens is 1. The normalized spacial score (nSPS) is 22.0. The summed E-state index contributed by atoms with van der Waals surface area (Å²) < 4.78 is 0. The lowest BCUT2D eigenvalue weighted by atomic mass is 9.68. The zero-order valence-corrected chi connectivity index (χ0v) is 20.8. The third-order valence-electron chi connectivity index (χ3n) is 7.40. The molecule has 0 aliphatic heterocycles. The van der Waals surface area contributed by atoms with Crippen molar-refractivity contribution in [2.45, 2.75) is 56.0 Å². The van der Waals surface area contributed by atoms with Crippen molar-refractivity contribution >= 4 is 29.9 Å². The van der Waals surface area contributed by atoms with E-state index >= 15 is 0 Å². The Balaban J connectivity index is 0.00000274. The molecule has 34 heavy (non-hydrogen) atoms. The Morgan fingerprint density at radius 2 is 1.65 bits per heavy atom. The van der Waals surface area contributed by atoms with Gasteiger partial charge >= 0.3 is 0 Å². The highest BCUT2D eigenvalue weighted by molar-refractivity contribution is 6.30. The van der Waals surface area contributed by atoms with Crippen molar-refractivity contribution in [2.75, 3.05) is 6.54 Å². The number of pyridine rings is 1. The van der Waals surface area contributed by atoms with E-state index in [0.29, 0.717) is 18.2 Å². The number of rotatable bonds is 6. The zero-order valence-electron chi connectivity index (χ0n) is 19.2. The van der Waals surface area contributed by atoms with Crippen LogP contribution in [0.3, 0.4) is 0 Å². The first-order chi connectivity index (χ1) is 16.1. The largest absolute Gasteiger partial charge is 0.333 e. The summed E-state index contributed by atoms with van der Waals surface area (Å²) in [6.45, 7) is 0.598. The van der Waals surface area contributed by atoms with Gasteiger partial charge in [0, 0.05) is 47.0 Å². The van der Waals surface area contributed by atoms with Crippen LogP contribution in [-0.2, 0) is 5.41 Å². The van der Waals surface area contributed by atoms with Crippen molar-refractivity contribution in [2.24, 2.45) is 5.73 Å². The molecule has 0 atom stereocenters. The maximum absolute atomic E-state index is 13.7. The summed E-state index contributed by atoms with van der Waals surface area (Å²) in [5, 5.41) is 0.753. The van der Waals surface area contributed by atoms with Gasteiger partial charge in [0.2, 0.25) is 0 Å². The van der Waals surface area contributed by atoms with Crippen molar-refractivity contribution in [3.63, 3.8) is 0 Å². The van der Waals surface area contributed by atoms with Crippen LogP contribution in [0.25, 0.3) is 11.1 Å². The van der Waals surface area contributed by atoms with Gasteiger partial charge in [0.05, 0.1) is 5.56 Å². The molecule has 2 N–H and O–H groups in total. The van der Waals surface area contributed by atoms with Gasteiger partial charge in [0.1, 0.15) is 0 Å². The molecule has 6 heteroatoms. The molecule has 2 saturated carbocycles. The first-order valence-electron chi connectivity index (χ1n) is 11.9. The van der Waals surface area contributed by atoms with E-state index in [4.69, 9.17) is 17.3 Å². The summed E-state index contributed by atoms with van der Waals surface area (Å²) in [5.74, 6) is 0.107. The van der Waals surface area contributed by atoms with Crippen LogP contribution < -0.4 is 5.73 Å². The molecule has 3 aromatic rings. The van der Waals surface area contributed by atoms with Gasteiger partial charge in [-0.3, -0.25) is 9.78 Å². The lowest BCUT2D eigenvalue weighted by Crippen LogP contribution is -2.48. The SMILES string of the molecule is Cl.NCC1(c2cccc(Cl)c2)CCC(N(C(=O)c2cncc(-c3ccccc3)c2)C2CC2)CC1. The fourth-order valence-electron chi connectivity index (χ4n) is 5.34. The number of benzene rings is 2. The lowest BCUT2D eigenvalue weighted by Gasteiger charge is -2.44. The van der Waals surface area contributed by atoms with Gasteiger partial charge in [-0.25, -0.2) is 0 Å². The maximum Gasteiger partial charge on any atom is 0.255 e. The highest BCUT2D eigenvalue weighted by Crippen LogP contribution is 2.43. The van der Waals surface area contributed by atoms with Gasteiger partial charge in [0.25, 0.3) is 5.91 Å². The molecular formula is C28H31Cl2N3O. The number of amides is 1. The second-order valence-electron chi connectivity index (χ2n) is 9.50. The molecule has 0 unspecified atom stereocenters. The summed E-state index contributed by atoms with van der Waals surface area (Å²) in [4.78, 5) is 20.3. The van der Waals surface area contributed by atoms with Gasteiger partial charge in [0.15, 0.2) is 0 Å². The second-order valence-corrected chi connectivity index (χ2v) is 9.93. The summed E-state index contributed by atoms with van der Waals surface area (Å²) in [6.07, 6.45) is 9.56. The Morgan fingerprint density at radius 1 is 0.941 bits per heavy atom. The average molecular weight is 496 g/mol. The smallest absolute Gasteiger partial charge is 0.255 e. The quantitative estimate of drug-likeness (QED) is 0.438. The molecule has 1 amide bonds. The van der Waals surface area contributed by atoms with E-state index in [9.17, 15) is 4.79 Å². The number of carbonyl (C=O) groups is 1. The molecule has 2 aromatic carbocycles. The maximum atomic E-state index is 13.7. The lowest BCUT2D eigenvalue weighted by molar-refractivity contribution is 0.0572. The molecular weight excluding hydrogens is 465 g/mol. The minimum atomic E-state index is -0.0611. The minimum absolute atomic E-state index is 0. The molecule has 2 fully saturated rings. The minimum Gasteiger partial charge on any atom is -0.333 e. The molecule has 0 spiro atoms. The summed E-state index contributed by atoms with van der Waals surface area (Å²) >= 11 is 6.28. The van der Waals surface area contributed by atoms with Gasteiger partial charge in [-0.1, -0.05) is 54.1 Å². The summed E-state index contributed by atoms with van der Waals surface area (Å²) in [7, 11) is 0. The molecule has 1 aromatic heterocycles. The first kappa shape index (κ1) is 24.7. The molecule has 0 bridgehead atoms. The number of nitrogens with two attached hydrogens (primary N) is 1. The topological polar surface area (TPSA) is 59.2 Å². The number of nitrogens with zero attached hydrogens (tertiary/aromatic N) is 2. The standard InChI is InChI=1S/C28H30ClN3O.ClH/c29-24-8-4-7-23(16-24)28(19-30)13-11-26(12-14-28)32(25-9-10-25)27(33)22-15-21(17-31-18-22)20-5-2-1-3-6-20;/h1-8,15-18,25-26H,9-14,19,30H2;1H. The van der Waals surface area contributed by atoms with Crippen LogP contribution in [0.1, 0.15) is 54.4 Å². The van der Waals surface area contributed by atoms with Gasteiger partial charge in [-0.05, 0) is 67.9 Å². The predicted molar refractivity (Wildman–Crippen MR) is 141 cm³/mol. The molecule has 2 aliphatic rings. The van der Waals surface area contributed by atoms with E-state index in [-0.39, 0.29) is 29.8 Å². The molecule has 178 valence electrons. The fraction of sp³-hybridized carbons (Fsp3) is 0.357. The van der Waals surface area contributed by atoms with Crippen molar-refractivity contribution < 1.29 is 4.79 Å². The highest BCUT2D eigenvalue weighted by atomic mass is 35.5. The van der Waals surface area contributed by atoms with Crippen LogP contribution in [0, 0.1) is 0 Å². The van der Waals surface area contributed by atoms with Gasteiger partial charge < -0.3 is 10.6 Å². The molecule has 0 radical (unpaired) electrons. The predicted octanol–water partition coefficient (Wildman–Crippen LogP) is 6.27. The van der Waals surface area contributed by atoms with Crippen LogP contribution in [0.5, 0.6) is 0 Å². The summed E-state index contributed by atoms with van der Waals surface area (Å²) in [6, 6.07) is 20.8. The number of hydrogen-bond acceptors (Lipinski definition) is 3. The number of carbonyl (C=O) groups excluding carboxylic acids is 1. The Morgan fingerprint density at radius 3 is 2.29 bits per heavy atom. The fourth-order valence-corrected chi connectivity index (χ4v) is 5.53. The van der Waals surface area contributed by atoms with Crippen molar-refractivity contribution in [3.8, 4) is 11.1 Å². The monoisotopic (exact) mass is 495 g/mol.